The van der Waals surface area contributed by atoms with Gasteiger partial charge in [-0.25, -0.2) is 8.42 Å². The van der Waals surface area contributed by atoms with Crippen LogP contribution in [0.5, 0.6) is 0 Å². The van der Waals surface area contributed by atoms with Gasteiger partial charge in [0.15, 0.2) is 16.4 Å². The summed E-state index contributed by atoms with van der Waals surface area (Å²) in [5.74, 6) is -0.300. The molecular weight excluding hydrogens is 386 g/mol. The first-order chi connectivity index (χ1) is 12.8. The molecule has 2 aromatic carbocycles. The highest BCUT2D eigenvalue weighted by Gasteiger charge is 2.15. The average Bonchev–Trinajstić information content (AvgIpc) is 2.61. The van der Waals surface area contributed by atoms with Crippen LogP contribution in [0.1, 0.15) is 11.1 Å². The minimum absolute atomic E-state index is 0.0123. The van der Waals surface area contributed by atoms with E-state index in [-0.39, 0.29) is 16.3 Å². The molecule has 2 rings (SSSR count). The lowest BCUT2D eigenvalue weighted by atomic mass is 10.2. The van der Waals surface area contributed by atoms with Crippen molar-refractivity contribution in [3.8, 4) is 0 Å². The molecule has 0 spiro atoms. The van der Waals surface area contributed by atoms with Crippen molar-refractivity contribution in [3.63, 3.8) is 0 Å². The third-order valence-electron chi connectivity index (χ3n) is 3.53. The van der Waals surface area contributed by atoms with Crippen LogP contribution in [0.15, 0.2) is 53.4 Å². The van der Waals surface area contributed by atoms with Crippen molar-refractivity contribution in [3.05, 3.63) is 59.7 Å². The van der Waals surface area contributed by atoms with Crippen LogP contribution in [0.3, 0.4) is 0 Å². The van der Waals surface area contributed by atoms with E-state index in [1.165, 1.54) is 29.5 Å². The number of sulfone groups is 1. The van der Waals surface area contributed by atoms with Crippen molar-refractivity contribution >= 4 is 39.2 Å². The number of thioether (sulfide) groups is 1. The molecule has 0 unspecified atom stereocenters. The van der Waals surface area contributed by atoms with E-state index in [9.17, 15) is 18.0 Å². The van der Waals surface area contributed by atoms with Gasteiger partial charge in [-0.2, -0.15) is 0 Å². The smallest absolute Gasteiger partial charge is 0.316 e. The number of hydrogen-bond donors (Lipinski definition) is 1. The van der Waals surface area contributed by atoms with E-state index in [1.807, 2.05) is 31.2 Å². The molecule has 0 radical (unpaired) electrons. The first-order valence-electron chi connectivity index (χ1n) is 8.13. The number of anilines is 1. The Labute approximate surface area is 163 Å². The molecule has 0 fully saturated rings. The fourth-order valence-corrected chi connectivity index (χ4v) is 3.83. The van der Waals surface area contributed by atoms with Gasteiger partial charge in [0.1, 0.15) is 0 Å². The first kappa shape index (κ1) is 21.0. The summed E-state index contributed by atoms with van der Waals surface area (Å²) in [6.07, 6.45) is 1.06. The molecule has 1 N–H and O–H groups in total. The number of nitrogens with one attached hydrogen (secondary N) is 1. The molecule has 0 heterocycles. The van der Waals surface area contributed by atoms with Gasteiger partial charge in [0.2, 0.25) is 0 Å². The van der Waals surface area contributed by atoms with Crippen molar-refractivity contribution in [1.29, 1.82) is 0 Å². The quantitative estimate of drug-likeness (QED) is 0.677. The largest absolute Gasteiger partial charge is 0.455 e. The summed E-state index contributed by atoms with van der Waals surface area (Å²) in [6, 6.07) is 14.1. The van der Waals surface area contributed by atoms with Gasteiger partial charge in [0.05, 0.1) is 16.3 Å². The fraction of sp³-hybridized carbons (Fsp3) is 0.263. The predicted molar refractivity (Wildman–Crippen MR) is 106 cm³/mol. The molecule has 1 amide bonds. The van der Waals surface area contributed by atoms with Gasteiger partial charge in [-0.05, 0) is 24.6 Å². The van der Waals surface area contributed by atoms with Crippen LogP contribution in [0.2, 0.25) is 0 Å². The monoisotopic (exact) mass is 407 g/mol. The van der Waals surface area contributed by atoms with Crippen LogP contribution < -0.4 is 5.32 Å². The van der Waals surface area contributed by atoms with Crippen LogP contribution in [0.25, 0.3) is 0 Å². The Morgan fingerprint density at radius 1 is 1.07 bits per heavy atom. The molecule has 27 heavy (non-hydrogen) atoms. The summed E-state index contributed by atoms with van der Waals surface area (Å²) in [7, 11) is -3.48. The fourth-order valence-electron chi connectivity index (χ4n) is 2.20. The number of esters is 1. The SMILES string of the molecule is Cc1ccc(CSCC(=O)OCC(=O)Nc2ccccc2S(C)(=O)=O)cc1. The van der Waals surface area contributed by atoms with Crippen molar-refractivity contribution in [2.24, 2.45) is 0 Å². The summed E-state index contributed by atoms with van der Waals surface area (Å²) < 4.78 is 28.4. The van der Waals surface area contributed by atoms with Crippen LogP contribution in [-0.4, -0.2) is 38.9 Å². The zero-order valence-electron chi connectivity index (χ0n) is 15.1. The third kappa shape index (κ3) is 7.07. The normalized spacial score (nSPS) is 11.0. The predicted octanol–water partition coefficient (Wildman–Crippen LogP) is 2.81. The number of carbonyl (C=O) groups excluding carboxylic acids is 2. The standard InChI is InChI=1S/C19H21NO5S2/c1-14-7-9-15(10-8-14)12-26-13-19(22)25-11-18(21)20-16-5-3-4-6-17(16)27(2,23)24/h3-10H,11-13H2,1-2H3,(H,20,21). The van der Waals surface area contributed by atoms with Gasteiger partial charge in [-0.15, -0.1) is 11.8 Å². The lowest BCUT2D eigenvalue weighted by Gasteiger charge is -2.10. The molecular formula is C19H21NO5S2. The molecule has 0 aliphatic rings. The molecule has 0 aliphatic heterocycles. The summed E-state index contributed by atoms with van der Waals surface area (Å²) in [6.45, 7) is 1.54. The Balaban J connectivity index is 1.77. The van der Waals surface area contributed by atoms with E-state index >= 15 is 0 Å². The van der Waals surface area contributed by atoms with Crippen molar-refractivity contribution in [1.82, 2.24) is 0 Å². The highest BCUT2D eigenvalue weighted by molar-refractivity contribution is 7.99. The highest BCUT2D eigenvalue weighted by Crippen LogP contribution is 2.20. The lowest BCUT2D eigenvalue weighted by molar-refractivity contribution is -0.144. The van der Waals surface area contributed by atoms with E-state index in [0.29, 0.717) is 5.75 Å². The van der Waals surface area contributed by atoms with Crippen molar-refractivity contribution < 1.29 is 22.7 Å². The Kier molecular flexibility index (Phi) is 7.44. The lowest BCUT2D eigenvalue weighted by Crippen LogP contribution is -2.22. The van der Waals surface area contributed by atoms with Gasteiger partial charge in [-0.3, -0.25) is 9.59 Å². The maximum Gasteiger partial charge on any atom is 0.316 e. The molecule has 0 saturated heterocycles. The Bertz CT molecular complexity index is 908. The second-order valence-electron chi connectivity index (χ2n) is 5.96. The number of amides is 1. The average molecular weight is 408 g/mol. The molecule has 0 bridgehead atoms. The Morgan fingerprint density at radius 3 is 2.41 bits per heavy atom. The number of ether oxygens (including phenoxy) is 1. The van der Waals surface area contributed by atoms with E-state index in [0.717, 1.165) is 11.8 Å². The Hall–Kier alpha value is -2.32. The topological polar surface area (TPSA) is 89.5 Å². The second kappa shape index (κ2) is 9.57. The number of para-hydroxylation sites is 1. The number of carbonyl (C=O) groups is 2. The van der Waals surface area contributed by atoms with E-state index < -0.39 is 28.3 Å². The number of rotatable bonds is 8. The van der Waals surface area contributed by atoms with Crippen LogP contribution >= 0.6 is 11.8 Å². The first-order valence-corrected chi connectivity index (χ1v) is 11.2. The zero-order valence-corrected chi connectivity index (χ0v) is 16.7. The molecule has 8 heteroatoms. The van der Waals surface area contributed by atoms with Crippen molar-refractivity contribution in [2.75, 3.05) is 23.9 Å². The highest BCUT2D eigenvalue weighted by atomic mass is 32.2. The van der Waals surface area contributed by atoms with Gasteiger partial charge < -0.3 is 10.1 Å². The van der Waals surface area contributed by atoms with Gasteiger partial charge in [0, 0.05) is 12.0 Å². The van der Waals surface area contributed by atoms with Crippen LogP contribution in [0, 0.1) is 6.92 Å². The molecule has 0 aromatic heterocycles. The van der Waals surface area contributed by atoms with E-state index in [1.54, 1.807) is 12.1 Å². The molecule has 0 atom stereocenters. The number of aryl methyl sites for hydroxylation is 1. The molecule has 6 nitrogen and oxygen atoms in total. The van der Waals surface area contributed by atoms with Crippen LogP contribution in [-0.2, 0) is 29.9 Å². The minimum atomic E-state index is -3.48. The maximum absolute atomic E-state index is 11.9. The van der Waals surface area contributed by atoms with E-state index in [2.05, 4.69) is 5.32 Å². The minimum Gasteiger partial charge on any atom is -0.455 e. The Morgan fingerprint density at radius 2 is 1.74 bits per heavy atom. The van der Waals surface area contributed by atoms with Gasteiger partial charge >= 0.3 is 5.97 Å². The summed E-state index contributed by atoms with van der Waals surface area (Å²) >= 11 is 1.40. The van der Waals surface area contributed by atoms with E-state index in [4.69, 9.17) is 4.74 Å². The summed E-state index contributed by atoms with van der Waals surface area (Å²) in [5.41, 5.74) is 2.44. The second-order valence-corrected chi connectivity index (χ2v) is 8.93. The maximum atomic E-state index is 11.9. The van der Waals surface area contributed by atoms with Crippen molar-refractivity contribution in [2.45, 2.75) is 17.6 Å². The molecule has 2 aromatic rings. The molecule has 0 saturated carbocycles. The van der Waals surface area contributed by atoms with Gasteiger partial charge in [0.25, 0.3) is 5.91 Å². The third-order valence-corrected chi connectivity index (χ3v) is 5.67. The molecule has 144 valence electrons. The zero-order chi connectivity index (χ0) is 19.9. The van der Waals surface area contributed by atoms with Crippen LogP contribution in [0.4, 0.5) is 5.69 Å². The van der Waals surface area contributed by atoms with Gasteiger partial charge in [-0.1, -0.05) is 42.0 Å². The molecule has 0 aliphatic carbocycles. The number of hydrogen-bond acceptors (Lipinski definition) is 6. The summed E-state index contributed by atoms with van der Waals surface area (Å²) in [5, 5.41) is 2.46. The number of benzene rings is 2. The summed E-state index contributed by atoms with van der Waals surface area (Å²) in [4.78, 5) is 23.7.